The van der Waals surface area contributed by atoms with Crippen LogP contribution < -0.4 is 4.74 Å². The summed E-state index contributed by atoms with van der Waals surface area (Å²) in [5.74, 6) is 0.807. The Bertz CT molecular complexity index is 437. The van der Waals surface area contributed by atoms with Crippen molar-refractivity contribution >= 4 is 10.9 Å². The maximum atomic E-state index is 5.11. The predicted octanol–water partition coefficient (Wildman–Crippen LogP) is 2.55. The van der Waals surface area contributed by atoms with E-state index in [1.54, 1.807) is 13.3 Å². The number of hydrogen-bond donors (Lipinski definition) is 0. The molecule has 2 nitrogen and oxygen atoms in total. The van der Waals surface area contributed by atoms with Crippen molar-refractivity contribution < 1.29 is 4.74 Å². The van der Waals surface area contributed by atoms with E-state index >= 15 is 0 Å². The highest BCUT2D eigenvalue weighted by Gasteiger charge is 1.99. The first-order valence-electron chi connectivity index (χ1n) is 4.20. The third-order valence-electron chi connectivity index (χ3n) is 2.15. The standard InChI is InChI=1S/C11H11NO/c1-8-4-3-5-11-10(8)6-9(13-2)7-12-11/h3-7H,1-2H3. The molecule has 0 aliphatic carbocycles. The van der Waals surface area contributed by atoms with Crippen molar-refractivity contribution in [3.05, 3.63) is 36.0 Å². The van der Waals surface area contributed by atoms with Gasteiger partial charge in [-0.05, 0) is 24.6 Å². The number of ether oxygens (including phenoxy) is 1. The van der Waals surface area contributed by atoms with E-state index in [9.17, 15) is 0 Å². The molecule has 0 fully saturated rings. The zero-order chi connectivity index (χ0) is 9.26. The summed E-state index contributed by atoms with van der Waals surface area (Å²) in [6.45, 7) is 2.07. The fraction of sp³-hybridized carbons (Fsp3) is 0.182. The van der Waals surface area contributed by atoms with Gasteiger partial charge in [0.25, 0.3) is 0 Å². The number of nitrogens with zero attached hydrogens (tertiary/aromatic N) is 1. The summed E-state index contributed by atoms with van der Waals surface area (Å²) in [4.78, 5) is 4.29. The lowest BCUT2D eigenvalue weighted by molar-refractivity contribution is 0.413. The Kier molecular flexibility index (Phi) is 1.89. The van der Waals surface area contributed by atoms with Crippen LogP contribution in [0, 0.1) is 6.92 Å². The number of methoxy groups -OCH3 is 1. The molecular weight excluding hydrogens is 162 g/mol. The summed E-state index contributed by atoms with van der Waals surface area (Å²) < 4.78 is 5.11. The van der Waals surface area contributed by atoms with E-state index in [0.29, 0.717) is 0 Å². The van der Waals surface area contributed by atoms with Crippen molar-refractivity contribution in [2.45, 2.75) is 6.92 Å². The smallest absolute Gasteiger partial charge is 0.137 e. The Morgan fingerprint density at radius 1 is 1.31 bits per heavy atom. The molecule has 0 saturated heterocycles. The van der Waals surface area contributed by atoms with Crippen LogP contribution in [-0.4, -0.2) is 12.1 Å². The van der Waals surface area contributed by atoms with Gasteiger partial charge in [0.05, 0.1) is 18.8 Å². The Morgan fingerprint density at radius 3 is 2.92 bits per heavy atom. The maximum Gasteiger partial charge on any atom is 0.137 e. The van der Waals surface area contributed by atoms with Gasteiger partial charge in [-0.15, -0.1) is 0 Å². The van der Waals surface area contributed by atoms with Gasteiger partial charge in [-0.2, -0.15) is 0 Å². The molecule has 0 atom stereocenters. The topological polar surface area (TPSA) is 22.1 Å². The highest BCUT2D eigenvalue weighted by Crippen LogP contribution is 2.20. The molecule has 0 amide bonds. The van der Waals surface area contributed by atoms with Gasteiger partial charge in [-0.1, -0.05) is 12.1 Å². The highest BCUT2D eigenvalue weighted by molar-refractivity contribution is 5.82. The third-order valence-corrected chi connectivity index (χ3v) is 2.15. The lowest BCUT2D eigenvalue weighted by Gasteiger charge is -2.03. The molecule has 13 heavy (non-hydrogen) atoms. The minimum atomic E-state index is 0.807. The Balaban J connectivity index is 2.74. The van der Waals surface area contributed by atoms with Gasteiger partial charge in [-0.25, -0.2) is 0 Å². The van der Waals surface area contributed by atoms with Crippen LogP contribution in [0.4, 0.5) is 0 Å². The molecule has 1 aromatic carbocycles. The molecule has 1 heterocycles. The largest absolute Gasteiger partial charge is 0.495 e. The van der Waals surface area contributed by atoms with E-state index in [-0.39, 0.29) is 0 Å². The van der Waals surface area contributed by atoms with E-state index < -0.39 is 0 Å². The van der Waals surface area contributed by atoms with Crippen molar-refractivity contribution in [2.75, 3.05) is 7.11 Å². The Hall–Kier alpha value is -1.57. The predicted molar refractivity (Wildman–Crippen MR) is 53.0 cm³/mol. The number of fused-ring (bicyclic) bond motifs is 1. The van der Waals surface area contributed by atoms with Crippen molar-refractivity contribution in [2.24, 2.45) is 0 Å². The first kappa shape index (κ1) is 8.05. The van der Waals surface area contributed by atoms with Gasteiger partial charge in [0.15, 0.2) is 0 Å². The van der Waals surface area contributed by atoms with Gasteiger partial charge in [0.2, 0.25) is 0 Å². The van der Waals surface area contributed by atoms with E-state index in [0.717, 1.165) is 16.7 Å². The van der Waals surface area contributed by atoms with Crippen LogP contribution >= 0.6 is 0 Å². The van der Waals surface area contributed by atoms with Gasteiger partial charge >= 0.3 is 0 Å². The van der Waals surface area contributed by atoms with Crippen molar-refractivity contribution in [1.82, 2.24) is 4.98 Å². The monoisotopic (exact) mass is 173 g/mol. The summed E-state index contributed by atoms with van der Waals surface area (Å²) in [5.41, 5.74) is 2.24. The fourth-order valence-corrected chi connectivity index (χ4v) is 1.39. The van der Waals surface area contributed by atoms with Crippen LogP contribution in [0.5, 0.6) is 5.75 Å². The van der Waals surface area contributed by atoms with Gasteiger partial charge in [-0.3, -0.25) is 4.98 Å². The number of pyridine rings is 1. The molecule has 0 unspecified atom stereocenters. The molecular formula is C11H11NO. The Morgan fingerprint density at radius 2 is 2.15 bits per heavy atom. The average Bonchev–Trinajstić information content (AvgIpc) is 2.18. The van der Waals surface area contributed by atoms with Crippen molar-refractivity contribution in [3.63, 3.8) is 0 Å². The molecule has 1 aromatic heterocycles. The van der Waals surface area contributed by atoms with Crippen LogP contribution in [0.3, 0.4) is 0 Å². The number of aryl methyl sites for hydroxylation is 1. The first-order chi connectivity index (χ1) is 6.31. The van der Waals surface area contributed by atoms with Crippen molar-refractivity contribution in [3.8, 4) is 5.75 Å². The quantitative estimate of drug-likeness (QED) is 0.661. The average molecular weight is 173 g/mol. The third kappa shape index (κ3) is 1.35. The molecule has 0 N–H and O–H groups in total. The number of hydrogen-bond acceptors (Lipinski definition) is 2. The van der Waals surface area contributed by atoms with Crippen molar-refractivity contribution in [1.29, 1.82) is 0 Å². The minimum absolute atomic E-state index is 0.807. The second-order valence-corrected chi connectivity index (χ2v) is 3.02. The van der Waals surface area contributed by atoms with Crippen LogP contribution in [0.25, 0.3) is 10.9 Å². The van der Waals surface area contributed by atoms with E-state index in [2.05, 4.69) is 18.0 Å². The second-order valence-electron chi connectivity index (χ2n) is 3.02. The number of rotatable bonds is 1. The minimum Gasteiger partial charge on any atom is -0.495 e. The first-order valence-corrected chi connectivity index (χ1v) is 4.20. The van der Waals surface area contributed by atoms with E-state index in [1.807, 2.05) is 18.2 Å². The fourth-order valence-electron chi connectivity index (χ4n) is 1.39. The highest BCUT2D eigenvalue weighted by atomic mass is 16.5. The molecule has 2 rings (SSSR count). The lowest BCUT2D eigenvalue weighted by atomic mass is 10.1. The molecule has 2 heteroatoms. The maximum absolute atomic E-state index is 5.11. The molecule has 0 spiro atoms. The molecule has 0 bridgehead atoms. The molecule has 0 radical (unpaired) electrons. The van der Waals surface area contributed by atoms with Gasteiger partial charge < -0.3 is 4.74 Å². The normalized spacial score (nSPS) is 10.3. The molecule has 0 saturated carbocycles. The lowest BCUT2D eigenvalue weighted by Crippen LogP contribution is -1.86. The Labute approximate surface area is 77.2 Å². The summed E-state index contributed by atoms with van der Waals surface area (Å²) >= 11 is 0. The van der Waals surface area contributed by atoms with Crippen LogP contribution in [0.15, 0.2) is 30.5 Å². The summed E-state index contributed by atoms with van der Waals surface area (Å²) in [7, 11) is 1.65. The van der Waals surface area contributed by atoms with Crippen LogP contribution in [0.1, 0.15) is 5.56 Å². The van der Waals surface area contributed by atoms with E-state index in [4.69, 9.17) is 4.74 Å². The van der Waals surface area contributed by atoms with Crippen LogP contribution in [-0.2, 0) is 0 Å². The zero-order valence-electron chi connectivity index (χ0n) is 7.74. The number of aromatic nitrogens is 1. The second kappa shape index (κ2) is 3.05. The summed E-state index contributed by atoms with van der Waals surface area (Å²) in [6.07, 6.45) is 1.74. The summed E-state index contributed by atoms with van der Waals surface area (Å²) in [5, 5.41) is 1.15. The molecule has 66 valence electrons. The van der Waals surface area contributed by atoms with Gasteiger partial charge in [0, 0.05) is 5.39 Å². The summed E-state index contributed by atoms with van der Waals surface area (Å²) in [6, 6.07) is 8.10. The van der Waals surface area contributed by atoms with Gasteiger partial charge in [0.1, 0.15) is 5.75 Å². The molecule has 2 aromatic rings. The van der Waals surface area contributed by atoms with Crippen LogP contribution in [0.2, 0.25) is 0 Å². The number of benzene rings is 1. The molecule has 0 aliphatic rings. The van der Waals surface area contributed by atoms with E-state index in [1.165, 1.54) is 5.56 Å². The zero-order valence-corrected chi connectivity index (χ0v) is 7.74. The molecule has 0 aliphatic heterocycles. The SMILES string of the molecule is COc1cnc2cccc(C)c2c1.